The monoisotopic (exact) mass is 476 g/mol. The van der Waals surface area contributed by atoms with E-state index < -0.39 is 0 Å². The fourth-order valence-corrected chi connectivity index (χ4v) is 3.57. The third kappa shape index (κ3) is 5.95. The van der Waals surface area contributed by atoms with Crippen LogP contribution in [-0.4, -0.2) is 40.9 Å². The molecule has 0 fully saturated rings. The summed E-state index contributed by atoms with van der Waals surface area (Å²) in [4.78, 5) is 10.1. The first kappa shape index (κ1) is 21.9. The lowest BCUT2D eigenvalue weighted by molar-refractivity contribution is 0.728. The first-order valence-corrected chi connectivity index (χ1v) is 9.10. The SMILES string of the molecule is CN=C(NCCc1nc(C)c(C)s1)NCCc1c(C)nn(C)c1C.I. The van der Waals surface area contributed by atoms with E-state index in [1.165, 1.54) is 21.1 Å². The number of halogens is 1. The molecule has 2 rings (SSSR count). The minimum absolute atomic E-state index is 0. The van der Waals surface area contributed by atoms with Gasteiger partial charge in [-0.15, -0.1) is 35.3 Å². The lowest BCUT2D eigenvalue weighted by Crippen LogP contribution is -2.39. The molecule has 0 atom stereocenters. The van der Waals surface area contributed by atoms with Crippen molar-refractivity contribution < 1.29 is 0 Å². The third-order valence-corrected chi connectivity index (χ3v) is 5.39. The second-order valence-electron chi connectivity index (χ2n) is 5.95. The van der Waals surface area contributed by atoms with Crippen LogP contribution in [0.3, 0.4) is 0 Å². The zero-order valence-electron chi connectivity index (χ0n) is 15.9. The number of aliphatic imine (C=N–C) groups is 1. The van der Waals surface area contributed by atoms with E-state index in [2.05, 4.69) is 53.4 Å². The average Bonchev–Trinajstić information content (AvgIpc) is 2.98. The molecule has 0 saturated carbocycles. The fourth-order valence-electron chi connectivity index (χ4n) is 2.64. The van der Waals surface area contributed by atoms with Crippen LogP contribution in [0, 0.1) is 27.7 Å². The molecule has 0 aromatic carbocycles. The van der Waals surface area contributed by atoms with E-state index in [9.17, 15) is 0 Å². The molecule has 0 aliphatic heterocycles. The molecule has 2 heterocycles. The van der Waals surface area contributed by atoms with Gasteiger partial charge < -0.3 is 10.6 Å². The van der Waals surface area contributed by atoms with Gasteiger partial charge in [0.1, 0.15) is 0 Å². The second kappa shape index (κ2) is 10.1. The van der Waals surface area contributed by atoms with Crippen LogP contribution >= 0.6 is 35.3 Å². The Morgan fingerprint density at radius 3 is 2.20 bits per heavy atom. The van der Waals surface area contributed by atoms with Crippen LogP contribution in [-0.2, 0) is 19.9 Å². The van der Waals surface area contributed by atoms with Crippen LogP contribution in [0.2, 0.25) is 0 Å². The number of hydrogen-bond donors (Lipinski definition) is 2. The summed E-state index contributed by atoms with van der Waals surface area (Å²) in [5.41, 5.74) is 4.79. The van der Waals surface area contributed by atoms with Crippen LogP contribution in [0.1, 0.15) is 32.5 Å². The van der Waals surface area contributed by atoms with Crippen LogP contribution in [0.4, 0.5) is 0 Å². The van der Waals surface area contributed by atoms with Crippen molar-refractivity contribution >= 4 is 41.3 Å². The maximum absolute atomic E-state index is 4.57. The van der Waals surface area contributed by atoms with Crippen molar-refractivity contribution in [1.29, 1.82) is 0 Å². The molecule has 8 heteroatoms. The molecule has 2 aromatic rings. The Morgan fingerprint density at radius 1 is 1.08 bits per heavy atom. The lowest BCUT2D eigenvalue weighted by atomic mass is 10.1. The van der Waals surface area contributed by atoms with Crippen LogP contribution in [0.25, 0.3) is 0 Å². The maximum atomic E-state index is 4.57. The van der Waals surface area contributed by atoms with Crippen molar-refractivity contribution in [2.75, 3.05) is 20.1 Å². The number of thiazole rings is 1. The van der Waals surface area contributed by atoms with E-state index in [0.29, 0.717) is 0 Å². The Balaban J connectivity index is 0.00000312. The molecule has 6 nitrogen and oxygen atoms in total. The molecule has 0 spiro atoms. The Morgan fingerprint density at radius 2 is 1.72 bits per heavy atom. The van der Waals surface area contributed by atoms with Gasteiger partial charge in [-0.25, -0.2) is 4.98 Å². The summed E-state index contributed by atoms with van der Waals surface area (Å²) in [6, 6.07) is 0. The summed E-state index contributed by atoms with van der Waals surface area (Å²) in [5.74, 6) is 0.833. The molecule has 140 valence electrons. The Labute approximate surface area is 171 Å². The van der Waals surface area contributed by atoms with E-state index in [4.69, 9.17) is 0 Å². The van der Waals surface area contributed by atoms with Crippen molar-refractivity contribution in [3.8, 4) is 0 Å². The van der Waals surface area contributed by atoms with Gasteiger partial charge in [0.2, 0.25) is 0 Å². The highest BCUT2D eigenvalue weighted by Gasteiger charge is 2.09. The Hall–Kier alpha value is -1.16. The van der Waals surface area contributed by atoms with Gasteiger partial charge in [0.05, 0.1) is 16.4 Å². The molecule has 2 N–H and O–H groups in total. The standard InChI is InChI=1S/C17H28N6S.HI/c1-11-14(4)24-16(21-11)8-10-20-17(18-5)19-9-7-15-12(2)22-23(6)13(15)3;/h7-10H2,1-6H3,(H2,18,19,20);1H. The summed E-state index contributed by atoms with van der Waals surface area (Å²) < 4.78 is 1.94. The van der Waals surface area contributed by atoms with E-state index in [-0.39, 0.29) is 24.0 Å². The molecular formula is C17H29IN6S. The Kier molecular flexibility index (Phi) is 8.84. The highest BCUT2D eigenvalue weighted by atomic mass is 127. The van der Waals surface area contributed by atoms with E-state index in [1.54, 1.807) is 18.4 Å². The largest absolute Gasteiger partial charge is 0.356 e. The summed E-state index contributed by atoms with van der Waals surface area (Å²) in [6.45, 7) is 10.0. The molecular weight excluding hydrogens is 447 g/mol. The number of nitrogens with one attached hydrogen (secondary N) is 2. The van der Waals surface area contributed by atoms with Crippen LogP contribution < -0.4 is 10.6 Å². The number of rotatable bonds is 6. The third-order valence-electron chi connectivity index (χ3n) is 4.25. The normalized spacial score (nSPS) is 11.4. The van der Waals surface area contributed by atoms with Crippen molar-refractivity contribution in [2.45, 2.75) is 40.5 Å². The molecule has 0 saturated heterocycles. The predicted octanol–water partition coefficient (Wildman–Crippen LogP) is 2.68. The van der Waals surface area contributed by atoms with E-state index in [1.807, 2.05) is 11.7 Å². The zero-order valence-corrected chi connectivity index (χ0v) is 19.1. The van der Waals surface area contributed by atoms with Crippen molar-refractivity contribution in [3.05, 3.63) is 32.5 Å². The highest BCUT2D eigenvalue weighted by molar-refractivity contribution is 14.0. The van der Waals surface area contributed by atoms with Gasteiger partial charge in [-0.1, -0.05) is 0 Å². The molecule has 0 aliphatic carbocycles. The fraction of sp³-hybridized carbons (Fsp3) is 0.588. The smallest absolute Gasteiger partial charge is 0.191 e. The highest BCUT2D eigenvalue weighted by Crippen LogP contribution is 2.16. The molecule has 0 bridgehead atoms. The number of aromatic nitrogens is 3. The summed E-state index contributed by atoms with van der Waals surface area (Å²) >= 11 is 1.77. The predicted molar refractivity (Wildman–Crippen MR) is 116 cm³/mol. The molecule has 0 amide bonds. The van der Waals surface area contributed by atoms with Crippen LogP contribution in [0.15, 0.2) is 4.99 Å². The van der Waals surface area contributed by atoms with Gasteiger partial charge in [-0.3, -0.25) is 9.67 Å². The van der Waals surface area contributed by atoms with Crippen LogP contribution in [0.5, 0.6) is 0 Å². The van der Waals surface area contributed by atoms with E-state index in [0.717, 1.165) is 43.3 Å². The number of aryl methyl sites for hydroxylation is 4. The number of nitrogens with zero attached hydrogens (tertiary/aromatic N) is 4. The van der Waals surface area contributed by atoms with Gasteiger partial charge in [0, 0.05) is 44.2 Å². The van der Waals surface area contributed by atoms with Crippen molar-refractivity contribution in [2.24, 2.45) is 12.0 Å². The van der Waals surface area contributed by atoms with Crippen molar-refractivity contribution in [3.63, 3.8) is 0 Å². The lowest BCUT2D eigenvalue weighted by Gasteiger charge is -2.11. The van der Waals surface area contributed by atoms with Gasteiger partial charge in [0.15, 0.2) is 5.96 Å². The zero-order chi connectivity index (χ0) is 17.7. The summed E-state index contributed by atoms with van der Waals surface area (Å²) in [5, 5.41) is 12.4. The quantitative estimate of drug-likeness (QED) is 0.382. The minimum Gasteiger partial charge on any atom is -0.356 e. The Bertz CT molecular complexity index is 700. The van der Waals surface area contributed by atoms with Gasteiger partial charge >= 0.3 is 0 Å². The van der Waals surface area contributed by atoms with Gasteiger partial charge in [0.25, 0.3) is 0 Å². The topological polar surface area (TPSA) is 67.1 Å². The molecule has 2 aromatic heterocycles. The molecule has 25 heavy (non-hydrogen) atoms. The summed E-state index contributed by atoms with van der Waals surface area (Å²) in [6.07, 6.45) is 1.86. The van der Waals surface area contributed by atoms with E-state index >= 15 is 0 Å². The summed E-state index contributed by atoms with van der Waals surface area (Å²) in [7, 11) is 3.79. The van der Waals surface area contributed by atoms with Gasteiger partial charge in [-0.2, -0.15) is 5.10 Å². The van der Waals surface area contributed by atoms with Gasteiger partial charge in [-0.05, 0) is 39.7 Å². The molecule has 0 radical (unpaired) electrons. The minimum atomic E-state index is 0. The molecule has 0 unspecified atom stereocenters. The maximum Gasteiger partial charge on any atom is 0.191 e. The average molecular weight is 476 g/mol. The molecule has 0 aliphatic rings. The second-order valence-corrected chi connectivity index (χ2v) is 7.24. The number of guanidine groups is 1. The first-order valence-electron chi connectivity index (χ1n) is 8.28. The van der Waals surface area contributed by atoms with Crippen molar-refractivity contribution in [1.82, 2.24) is 25.4 Å². The number of hydrogen-bond acceptors (Lipinski definition) is 4. The first-order chi connectivity index (χ1) is 11.4.